The minimum atomic E-state index is 0.0327. The third kappa shape index (κ3) is 3.78. The number of piperidine rings is 1. The number of nitrogens with two attached hydrogens (primary N) is 1. The van der Waals surface area contributed by atoms with E-state index in [9.17, 15) is 4.79 Å². The highest BCUT2D eigenvalue weighted by atomic mass is 16.2. The summed E-state index contributed by atoms with van der Waals surface area (Å²) in [6.45, 7) is 8.86. The number of amides is 1. The van der Waals surface area contributed by atoms with E-state index in [4.69, 9.17) is 5.73 Å². The monoisotopic (exact) mass is 226 g/mol. The van der Waals surface area contributed by atoms with Gasteiger partial charge in [-0.05, 0) is 31.1 Å². The van der Waals surface area contributed by atoms with E-state index in [0.29, 0.717) is 18.4 Å². The Bertz CT molecular complexity index is 222. The summed E-state index contributed by atoms with van der Waals surface area (Å²) in [5.41, 5.74) is 5.72. The van der Waals surface area contributed by atoms with Crippen LogP contribution in [-0.2, 0) is 4.79 Å². The van der Waals surface area contributed by atoms with E-state index in [1.54, 1.807) is 0 Å². The van der Waals surface area contributed by atoms with Crippen molar-refractivity contribution in [2.75, 3.05) is 19.6 Å². The quantitative estimate of drug-likeness (QED) is 0.795. The molecule has 0 radical (unpaired) electrons. The molecule has 16 heavy (non-hydrogen) atoms. The minimum absolute atomic E-state index is 0.0327. The third-order valence-corrected chi connectivity index (χ3v) is 3.36. The van der Waals surface area contributed by atoms with Crippen LogP contribution in [-0.4, -0.2) is 30.4 Å². The minimum Gasteiger partial charge on any atom is -0.342 e. The lowest BCUT2D eigenvalue weighted by Crippen LogP contribution is -2.44. The van der Waals surface area contributed by atoms with Crippen molar-refractivity contribution >= 4 is 5.91 Å². The first-order valence-electron chi connectivity index (χ1n) is 6.53. The fraction of sp³-hybridized carbons (Fsp3) is 0.923. The lowest BCUT2D eigenvalue weighted by Gasteiger charge is -2.33. The van der Waals surface area contributed by atoms with Crippen molar-refractivity contribution in [2.45, 2.75) is 40.0 Å². The molecule has 0 spiro atoms. The maximum absolute atomic E-state index is 12.3. The summed E-state index contributed by atoms with van der Waals surface area (Å²) in [5, 5.41) is 0. The zero-order valence-electron chi connectivity index (χ0n) is 10.9. The van der Waals surface area contributed by atoms with E-state index >= 15 is 0 Å². The maximum Gasteiger partial charge on any atom is 0.226 e. The highest BCUT2D eigenvalue weighted by Crippen LogP contribution is 2.20. The smallest absolute Gasteiger partial charge is 0.226 e. The van der Waals surface area contributed by atoms with Crippen molar-refractivity contribution < 1.29 is 4.79 Å². The molecule has 1 amide bonds. The van der Waals surface area contributed by atoms with Crippen LogP contribution in [0.25, 0.3) is 0 Å². The van der Waals surface area contributed by atoms with Gasteiger partial charge in [-0.1, -0.05) is 20.8 Å². The molecule has 3 nitrogen and oxygen atoms in total. The first-order valence-corrected chi connectivity index (χ1v) is 6.53. The number of nitrogens with zero attached hydrogens (tertiary/aromatic N) is 1. The summed E-state index contributed by atoms with van der Waals surface area (Å²) in [6, 6.07) is 0. The van der Waals surface area contributed by atoms with Gasteiger partial charge in [0.15, 0.2) is 0 Å². The summed E-state index contributed by atoms with van der Waals surface area (Å²) < 4.78 is 0. The van der Waals surface area contributed by atoms with Crippen molar-refractivity contribution in [2.24, 2.45) is 23.5 Å². The summed E-state index contributed by atoms with van der Waals surface area (Å²) in [5.74, 6) is 1.50. The van der Waals surface area contributed by atoms with Crippen molar-refractivity contribution in [3.8, 4) is 0 Å². The van der Waals surface area contributed by atoms with Crippen LogP contribution in [0.15, 0.2) is 0 Å². The van der Waals surface area contributed by atoms with Crippen molar-refractivity contribution in [1.82, 2.24) is 4.90 Å². The van der Waals surface area contributed by atoms with E-state index in [1.165, 1.54) is 6.42 Å². The molecule has 0 saturated carbocycles. The maximum atomic E-state index is 12.3. The Balaban J connectivity index is 2.52. The van der Waals surface area contributed by atoms with Gasteiger partial charge >= 0.3 is 0 Å². The molecule has 1 rings (SSSR count). The molecule has 2 unspecified atom stereocenters. The van der Waals surface area contributed by atoms with Crippen LogP contribution in [0, 0.1) is 17.8 Å². The molecule has 1 fully saturated rings. The largest absolute Gasteiger partial charge is 0.342 e. The second-order valence-electron chi connectivity index (χ2n) is 5.59. The van der Waals surface area contributed by atoms with E-state index in [1.807, 2.05) is 4.90 Å². The highest BCUT2D eigenvalue weighted by Gasteiger charge is 2.26. The first-order chi connectivity index (χ1) is 7.54. The van der Waals surface area contributed by atoms with E-state index < -0.39 is 0 Å². The number of hydrogen-bond acceptors (Lipinski definition) is 2. The summed E-state index contributed by atoms with van der Waals surface area (Å²) >= 11 is 0. The van der Waals surface area contributed by atoms with Gasteiger partial charge in [-0.15, -0.1) is 0 Å². The van der Waals surface area contributed by atoms with Gasteiger partial charge in [0.2, 0.25) is 5.91 Å². The van der Waals surface area contributed by atoms with Gasteiger partial charge in [0.05, 0.1) is 5.92 Å². The number of carbonyl (C=O) groups is 1. The Morgan fingerprint density at radius 3 is 2.69 bits per heavy atom. The molecule has 1 aliphatic rings. The predicted octanol–water partition coefficient (Wildman–Crippen LogP) is 1.87. The van der Waals surface area contributed by atoms with Gasteiger partial charge in [-0.2, -0.15) is 0 Å². The Labute approximate surface area is 99.4 Å². The Morgan fingerprint density at radius 1 is 1.50 bits per heavy atom. The lowest BCUT2D eigenvalue weighted by atomic mass is 9.93. The Morgan fingerprint density at radius 2 is 2.19 bits per heavy atom. The van der Waals surface area contributed by atoms with E-state index in [2.05, 4.69) is 20.8 Å². The van der Waals surface area contributed by atoms with Crippen LogP contribution < -0.4 is 5.73 Å². The zero-order chi connectivity index (χ0) is 12.1. The standard InChI is InChI=1S/C13H26N2O/c1-10(2)7-12(8-14)13(16)15-6-4-5-11(3)9-15/h10-12H,4-9,14H2,1-3H3. The molecule has 3 heteroatoms. The molecular formula is C13H26N2O. The predicted molar refractivity (Wildman–Crippen MR) is 67.0 cm³/mol. The normalized spacial score (nSPS) is 23.6. The molecule has 0 aromatic heterocycles. The van der Waals surface area contributed by atoms with E-state index in [0.717, 1.165) is 25.9 Å². The van der Waals surface area contributed by atoms with Crippen molar-refractivity contribution in [3.05, 3.63) is 0 Å². The molecular weight excluding hydrogens is 200 g/mol. The Kier molecular flexibility index (Phi) is 5.26. The SMILES string of the molecule is CC(C)CC(CN)C(=O)N1CCCC(C)C1. The molecule has 2 N–H and O–H groups in total. The number of rotatable bonds is 4. The van der Waals surface area contributed by atoms with Gasteiger partial charge in [0.25, 0.3) is 0 Å². The van der Waals surface area contributed by atoms with Gasteiger partial charge in [0.1, 0.15) is 0 Å². The van der Waals surface area contributed by atoms with Gasteiger partial charge in [-0.25, -0.2) is 0 Å². The fourth-order valence-electron chi connectivity index (χ4n) is 2.51. The molecule has 0 aromatic carbocycles. The number of carbonyl (C=O) groups excluding carboxylic acids is 1. The highest BCUT2D eigenvalue weighted by molar-refractivity contribution is 5.79. The summed E-state index contributed by atoms with van der Waals surface area (Å²) in [6.07, 6.45) is 3.31. The fourth-order valence-corrected chi connectivity index (χ4v) is 2.51. The molecule has 0 aromatic rings. The number of likely N-dealkylation sites (tertiary alicyclic amines) is 1. The summed E-state index contributed by atoms with van der Waals surface area (Å²) in [4.78, 5) is 14.3. The molecule has 94 valence electrons. The van der Waals surface area contributed by atoms with Crippen LogP contribution in [0.5, 0.6) is 0 Å². The second-order valence-corrected chi connectivity index (χ2v) is 5.59. The lowest BCUT2D eigenvalue weighted by molar-refractivity contribution is -0.137. The first kappa shape index (κ1) is 13.5. The molecule has 1 saturated heterocycles. The third-order valence-electron chi connectivity index (χ3n) is 3.36. The van der Waals surface area contributed by atoms with Crippen molar-refractivity contribution in [3.63, 3.8) is 0 Å². The molecule has 1 heterocycles. The van der Waals surface area contributed by atoms with E-state index in [-0.39, 0.29) is 11.8 Å². The van der Waals surface area contributed by atoms with Crippen LogP contribution in [0.4, 0.5) is 0 Å². The van der Waals surface area contributed by atoms with Crippen LogP contribution in [0.2, 0.25) is 0 Å². The van der Waals surface area contributed by atoms with Crippen LogP contribution >= 0.6 is 0 Å². The van der Waals surface area contributed by atoms with Crippen LogP contribution in [0.1, 0.15) is 40.0 Å². The van der Waals surface area contributed by atoms with Gasteiger partial charge in [0, 0.05) is 19.6 Å². The second kappa shape index (κ2) is 6.24. The Hall–Kier alpha value is -0.570. The molecule has 0 aliphatic carbocycles. The molecule has 0 bridgehead atoms. The average Bonchev–Trinajstić information content (AvgIpc) is 2.24. The zero-order valence-corrected chi connectivity index (χ0v) is 10.9. The summed E-state index contributed by atoms with van der Waals surface area (Å²) in [7, 11) is 0. The molecule has 1 aliphatic heterocycles. The van der Waals surface area contributed by atoms with Gasteiger partial charge < -0.3 is 10.6 Å². The topological polar surface area (TPSA) is 46.3 Å². The van der Waals surface area contributed by atoms with Crippen LogP contribution in [0.3, 0.4) is 0 Å². The van der Waals surface area contributed by atoms with Crippen molar-refractivity contribution in [1.29, 1.82) is 0 Å². The number of hydrogen-bond donors (Lipinski definition) is 1. The molecule has 2 atom stereocenters. The average molecular weight is 226 g/mol. The van der Waals surface area contributed by atoms with Gasteiger partial charge in [-0.3, -0.25) is 4.79 Å².